The SMILES string of the molecule is Cc1ccc(N2CCC(O)C(C)C2)cc1[N+](=O)[O-]. The quantitative estimate of drug-likeness (QED) is 0.645. The molecule has 2 rings (SSSR count). The van der Waals surface area contributed by atoms with Gasteiger partial charge in [-0.3, -0.25) is 10.1 Å². The molecule has 0 spiro atoms. The van der Waals surface area contributed by atoms with Crippen molar-refractivity contribution in [1.82, 2.24) is 0 Å². The van der Waals surface area contributed by atoms with E-state index in [1.165, 1.54) is 0 Å². The molecule has 1 N–H and O–H groups in total. The number of benzene rings is 1. The largest absolute Gasteiger partial charge is 0.393 e. The van der Waals surface area contributed by atoms with Crippen molar-refractivity contribution in [3.63, 3.8) is 0 Å². The van der Waals surface area contributed by atoms with Crippen molar-refractivity contribution >= 4 is 11.4 Å². The molecule has 0 radical (unpaired) electrons. The summed E-state index contributed by atoms with van der Waals surface area (Å²) in [5, 5.41) is 20.6. The minimum Gasteiger partial charge on any atom is -0.393 e. The summed E-state index contributed by atoms with van der Waals surface area (Å²) in [6, 6.07) is 5.32. The molecule has 1 heterocycles. The molecule has 2 atom stereocenters. The first-order chi connectivity index (χ1) is 8.49. The summed E-state index contributed by atoms with van der Waals surface area (Å²) in [6.07, 6.45) is 0.449. The number of hydrogen-bond donors (Lipinski definition) is 1. The summed E-state index contributed by atoms with van der Waals surface area (Å²) >= 11 is 0. The van der Waals surface area contributed by atoms with Crippen LogP contribution in [0.25, 0.3) is 0 Å². The van der Waals surface area contributed by atoms with Gasteiger partial charge in [-0.05, 0) is 25.3 Å². The molecular formula is C13H18N2O3. The van der Waals surface area contributed by atoms with E-state index in [0.717, 1.165) is 18.8 Å². The van der Waals surface area contributed by atoms with Gasteiger partial charge >= 0.3 is 0 Å². The average molecular weight is 250 g/mol. The molecule has 1 aromatic rings. The van der Waals surface area contributed by atoms with Crippen molar-refractivity contribution in [3.05, 3.63) is 33.9 Å². The Morgan fingerprint density at radius 3 is 2.83 bits per heavy atom. The van der Waals surface area contributed by atoms with Gasteiger partial charge in [0.25, 0.3) is 5.69 Å². The maximum Gasteiger partial charge on any atom is 0.274 e. The molecule has 0 saturated carbocycles. The average Bonchev–Trinajstić information content (AvgIpc) is 2.33. The number of nitrogens with zero attached hydrogens (tertiary/aromatic N) is 2. The molecule has 18 heavy (non-hydrogen) atoms. The monoisotopic (exact) mass is 250 g/mol. The minimum atomic E-state index is -0.346. The summed E-state index contributed by atoms with van der Waals surface area (Å²) in [5.74, 6) is 0.194. The molecule has 0 aromatic heterocycles. The van der Waals surface area contributed by atoms with Crippen molar-refractivity contribution in [2.45, 2.75) is 26.4 Å². The van der Waals surface area contributed by atoms with E-state index in [0.29, 0.717) is 12.0 Å². The molecule has 1 aromatic carbocycles. The summed E-state index contributed by atoms with van der Waals surface area (Å²) in [4.78, 5) is 12.7. The lowest BCUT2D eigenvalue weighted by Crippen LogP contribution is -2.41. The van der Waals surface area contributed by atoms with Crippen LogP contribution in [0, 0.1) is 23.0 Å². The van der Waals surface area contributed by atoms with Crippen molar-refractivity contribution in [3.8, 4) is 0 Å². The van der Waals surface area contributed by atoms with Gasteiger partial charge in [0, 0.05) is 30.4 Å². The van der Waals surface area contributed by atoms with E-state index in [2.05, 4.69) is 4.90 Å². The van der Waals surface area contributed by atoms with Crippen LogP contribution in [0.1, 0.15) is 18.9 Å². The molecule has 5 nitrogen and oxygen atoms in total. The van der Waals surface area contributed by atoms with Gasteiger partial charge in [0.05, 0.1) is 11.0 Å². The lowest BCUT2D eigenvalue weighted by atomic mass is 9.96. The molecule has 2 unspecified atom stereocenters. The van der Waals surface area contributed by atoms with Gasteiger partial charge in [0.1, 0.15) is 0 Å². The third kappa shape index (κ3) is 2.46. The first-order valence-corrected chi connectivity index (χ1v) is 6.17. The topological polar surface area (TPSA) is 66.6 Å². The van der Waals surface area contributed by atoms with Crippen LogP contribution in [0.5, 0.6) is 0 Å². The van der Waals surface area contributed by atoms with Crippen LogP contribution in [0.3, 0.4) is 0 Å². The number of hydrogen-bond acceptors (Lipinski definition) is 4. The summed E-state index contributed by atoms with van der Waals surface area (Å²) < 4.78 is 0. The molecule has 1 saturated heterocycles. The molecule has 0 aliphatic carbocycles. The fourth-order valence-electron chi connectivity index (χ4n) is 2.36. The third-order valence-electron chi connectivity index (χ3n) is 3.61. The van der Waals surface area contributed by atoms with E-state index in [4.69, 9.17) is 0 Å². The summed E-state index contributed by atoms with van der Waals surface area (Å²) in [7, 11) is 0. The third-order valence-corrected chi connectivity index (χ3v) is 3.61. The molecule has 98 valence electrons. The Morgan fingerprint density at radius 1 is 1.50 bits per heavy atom. The second-order valence-electron chi connectivity index (χ2n) is 5.01. The van der Waals surface area contributed by atoms with E-state index in [1.807, 2.05) is 13.0 Å². The van der Waals surface area contributed by atoms with Crippen LogP contribution in [-0.2, 0) is 0 Å². The van der Waals surface area contributed by atoms with Crippen LogP contribution in [0.2, 0.25) is 0 Å². The summed E-state index contributed by atoms with van der Waals surface area (Å²) in [5.41, 5.74) is 1.70. The Bertz CT molecular complexity index is 462. The highest BCUT2D eigenvalue weighted by Gasteiger charge is 2.25. The number of piperidine rings is 1. The first kappa shape index (κ1) is 12.8. The lowest BCUT2D eigenvalue weighted by molar-refractivity contribution is -0.385. The molecule has 1 fully saturated rings. The van der Waals surface area contributed by atoms with E-state index >= 15 is 0 Å². The van der Waals surface area contributed by atoms with Gasteiger partial charge in [-0.2, -0.15) is 0 Å². The fraction of sp³-hybridized carbons (Fsp3) is 0.538. The highest BCUT2D eigenvalue weighted by atomic mass is 16.6. The normalized spacial score (nSPS) is 24.1. The number of rotatable bonds is 2. The Morgan fingerprint density at radius 2 is 2.22 bits per heavy atom. The van der Waals surface area contributed by atoms with Crippen LogP contribution in [0.4, 0.5) is 11.4 Å². The van der Waals surface area contributed by atoms with Crippen LogP contribution < -0.4 is 4.90 Å². The van der Waals surface area contributed by atoms with E-state index in [-0.39, 0.29) is 22.6 Å². The second kappa shape index (κ2) is 4.94. The van der Waals surface area contributed by atoms with Gasteiger partial charge in [0.2, 0.25) is 0 Å². The fourth-order valence-corrected chi connectivity index (χ4v) is 2.36. The highest BCUT2D eigenvalue weighted by molar-refractivity contribution is 5.56. The molecule has 5 heteroatoms. The number of aryl methyl sites for hydroxylation is 1. The van der Waals surface area contributed by atoms with Crippen LogP contribution in [0.15, 0.2) is 18.2 Å². The van der Waals surface area contributed by atoms with E-state index in [9.17, 15) is 15.2 Å². The number of nitro groups is 1. The van der Waals surface area contributed by atoms with Crippen LogP contribution >= 0.6 is 0 Å². The summed E-state index contributed by atoms with van der Waals surface area (Å²) in [6.45, 7) is 5.22. The molecule has 0 bridgehead atoms. The van der Waals surface area contributed by atoms with Crippen molar-refractivity contribution in [2.75, 3.05) is 18.0 Å². The molecule has 0 amide bonds. The van der Waals surface area contributed by atoms with Crippen LogP contribution in [-0.4, -0.2) is 29.2 Å². The highest BCUT2D eigenvalue weighted by Crippen LogP contribution is 2.28. The number of aliphatic hydroxyl groups is 1. The Labute approximate surface area is 106 Å². The Kier molecular flexibility index (Phi) is 3.52. The zero-order valence-electron chi connectivity index (χ0n) is 10.7. The van der Waals surface area contributed by atoms with Crippen molar-refractivity contribution in [2.24, 2.45) is 5.92 Å². The smallest absolute Gasteiger partial charge is 0.274 e. The Hall–Kier alpha value is -1.62. The number of anilines is 1. The molecule has 1 aliphatic rings. The minimum absolute atomic E-state index is 0.159. The number of nitro benzene ring substituents is 1. The standard InChI is InChI=1S/C13H18N2O3/c1-9-3-4-11(7-12(9)15(17)18)14-6-5-13(16)10(2)8-14/h3-4,7,10,13,16H,5-6,8H2,1-2H3. The Balaban J connectivity index is 2.24. The van der Waals surface area contributed by atoms with Gasteiger partial charge in [-0.1, -0.05) is 13.0 Å². The van der Waals surface area contributed by atoms with E-state index in [1.54, 1.807) is 19.1 Å². The van der Waals surface area contributed by atoms with Crippen molar-refractivity contribution < 1.29 is 10.0 Å². The maximum atomic E-state index is 10.9. The first-order valence-electron chi connectivity index (χ1n) is 6.17. The van der Waals surface area contributed by atoms with Crippen molar-refractivity contribution in [1.29, 1.82) is 0 Å². The van der Waals surface area contributed by atoms with Gasteiger partial charge in [-0.25, -0.2) is 0 Å². The van der Waals surface area contributed by atoms with Gasteiger partial charge in [0.15, 0.2) is 0 Å². The lowest BCUT2D eigenvalue weighted by Gasteiger charge is -2.35. The predicted molar refractivity (Wildman–Crippen MR) is 69.8 cm³/mol. The van der Waals surface area contributed by atoms with Gasteiger partial charge < -0.3 is 10.0 Å². The maximum absolute atomic E-state index is 10.9. The van der Waals surface area contributed by atoms with E-state index < -0.39 is 0 Å². The zero-order valence-corrected chi connectivity index (χ0v) is 10.7. The number of aliphatic hydroxyl groups excluding tert-OH is 1. The predicted octanol–water partition coefficient (Wildman–Crippen LogP) is 2.11. The second-order valence-corrected chi connectivity index (χ2v) is 5.01. The molecule has 1 aliphatic heterocycles. The zero-order chi connectivity index (χ0) is 13.3. The van der Waals surface area contributed by atoms with Gasteiger partial charge in [-0.15, -0.1) is 0 Å². The molecular weight excluding hydrogens is 232 g/mol.